The van der Waals surface area contributed by atoms with Crippen LogP contribution in [0.3, 0.4) is 0 Å². The number of carbonyl (C=O) groups excluding carboxylic acids is 2. The van der Waals surface area contributed by atoms with Crippen molar-refractivity contribution in [3.05, 3.63) is 90.0 Å². The highest BCUT2D eigenvalue weighted by molar-refractivity contribution is 5.96. The molecule has 0 heterocycles. The van der Waals surface area contributed by atoms with E-state index in [1.165, 1.54) is 25.7 Å². The molecular formula is C30H37N3O3. The molecule has 36 heavy (non-hydrogen) atoms. The van der Waals surface area contributed by atoms with Crippen LogP contribution in [0.2, 0.25) is 0 Å². The zero-order valence-corrected chi connectivity index (χ0v) is 21.3. The van der Waals surface area contributed by atoms with E-state index in [2.05, 4.69) is 17.6 Å². The van der Waals surface area contributed by atoms with Gasteiger partial charge in [-0.25, -0.2) is 0 Å². The second kappa shape index (κ2) is 14.6. The molecule has 0 radical (unpaired) electrons. The Labute approximate surface area is 214 Å². The van der Waals surface area contributed by atoms with Gasteiger partial charge in [0.2, 0.25) is 5.91 Å². The summed E-state index contributed by atoms with van der Waals surface area (Å²) in [5, 5.41) is 5.98. The van der Waals surface area contributed by atoms with Crippen LogP contribution < -0.4 is 15.4 Å². The van der Waals surface area contributed by atoms with Gasteiger partial charge in [0.1, 0.15) is 5.75 Å². The van der Waals surface area contributed by atoms with Crippen LogP contribution in [0.1, 0.15) is 54.9 Å². The van der Waals surface area contributed by atoms with Gasteiger partial charge in [0.25, 0.3) is 5.91 Å². The number of carbonyl (C=O) groups is 2. The first-order valence-electron chi connectivity index (χ1n) is 12.7. The van der Waals surface area contributed by atoms with Crippen LogP contribution in [0, 0.1) is 0 Å². The molecule has 190 valence electrons. The van der Waals surface area contributed by atoms with Gasteiger partial charge in [-0.2, -0.15) is 0 Å². The summed E-state index contributed by atoms with van der Waals surface area (Å²) in [6.07, 6.45) is 6.02. The third-order valence-electron chi connectivity index (χ3n) is 5.83. The van der Waals surface area contributed by atoms with Crippen molar-refractivity contribution in [3.63, 3.8) is 0 Å². The average molecular weight is 488 g/mol. The van der Waals surface area contributed by atoms with Gasteiger partial charge in [-0.3, -0.25) is 9.59 Å². The van der Waals surface area contributed by atoms with Crippen molar-refractivity contribution in [2.45, 2.75) is 45.6 Å². The van der Waals surface area contributed by atoms with Crippen molar-refractivity contribution in [1.29, 1.82) is 0 Å². The number of hydrogen-bond acceptors (Lipinski definition) is 4. The minimum Gasteiger partial charge on any atom is -0.494 e. The normalized spacial score (nSPS) is 10.5. The molecule has 0 aromatic heterocycles. The molecule has 3 aromatic carbocycles. The number of unbranched alkanes of at least 4 members (excludes halogenated alkanes) is 4. The lowest BCUT2D eigenvalue weighted by molar-refractivity contribution is -0.114. The molecule has 2 amide bonds. The first kappa shape index (κ1) is 26.8. The van der Waals surface area contributed by atoms with Crippen molar-refractivity contribution in [2.24, 2.45) is 0 Å². The summed E-state index contributed by atoms with van der Waals surface area (Å²) in [7, 11) is 1.78. The SMILES string of the molecule is CCCCCCCOc1ccc(NC(=O)CNc2cccc(C(=O)N(C)Cc3ccccc3)c2)cc1. The molecule has 0 saturated carbocycles. The van der Waals surface area contributed by atoms with Gasteiger partial charge in [0.05, 0.1) is 13.2 Å². The first-order valence-corrected chi connectivity index (χ1v) is 12.7. The van der Waals surface area contributed by atoms with E-state index in [9.17, 15) is 9.59 Å². The summed E-state index contributed by atoms with van der Waals surface area (Å²) in [5.74, 6) is 0.563. The molecule has 0 spiro atoms. The number of nitrogens with one attached hydrogen (secondary N) is 2. The molecule has 3 aromatic rings. The lowest BCUT2D eigenvalue weighted by Gasteiger charge is -2.18. The highest BCUT2D eigenvalue weighted by Gasteiger charge is 2.13. The van der Waals surface area contributed by atoms with Crippen molar-refractivity contribution >= 4 is 23.2 Å². The third kappa shape index (κ3) is 9.10. The Hall–Kier alpha value is -3.80. The van der Waals surface area contributed by atoms with E-state index in [1.54, 1.807) is 24.1 Å². The smallest absolute Gasteiger partial charge is 0.253 e. The van der Waals surface area contributed by atoms with Crippen LogP contribution in [0.4, 0.5) is 11.4 Å². The first-order chi connectivity index (χ1) is 17.5. The van der Waals surface area contributed by atoms with Crippen molar-refractivity contribution in [3.8, 4) is 5.75 Å². The van der Waals surface area contributed by atoms with Crippen molar-refractivity contribution in [1.82, 2.24) is 4.90 Å². The fourth-order valence-corrected chi connectivity index (χ4v) is 3.83. The summed E-state index contributed by atoms with van der Waals surface area (Å²) in [5.41, 5.74) is 3.07. The lowest BCUT2D eigenvalue weighted by atomic mass is 10.1. The molecule has 6 nitrogen and oxygen atoms in total. The molecular weight excluding hydrogens is 450 g/mol. The van der Waals surface area contributed by atoms with Gasteiger partial charge >= 0.3 is 0 Å². The number of benzene rings is 3. The lowest BCUT2D eigenvalue weighted by Crippen LogP contribution is -2.26. The second-order valence-electron chi connectivity index (χ2n) is 8.92. The number of anilines is 2. The Bertz CT molecular complexity index is 1080. The fourth-order valence-electron chi connectivity index (χ4n) is 3.83. The maximum atomic E-state index is 12.8. The molecule has 6 heteroatoms. The van der Waals surface area contributed by atoms with Gasteiger partial charge < -0.3 is 20.3 Å². The van der Waals surface area contributed by atoms with E-state index >= 15 is 0 Å². The highest BCUT2D eigenvalue weighted by Crippen LogP contribution is 2.17. The molecule has 3 rings (SSSR count). The average Bonchev–Trinajstić information content (AvgIpc) is 2.90. The van der Waals surface area contributed by atoms with E-state index in [4.69, 9.17) is 4.74 Å². The van der Waals surface area contributed by atoms with Crippen LogP contribution in [0.25, 0.3) is 0 Å². The fraction of sp³-hybridized carbons (Fsp3) is 0.333. The number of hydrogen-bond donors (Lipinski definition) is 2. The van der Waals surface area contributed by atoms with Crippen LogP contribution in [-0.2, 0) is 11.3 Å². The van der Waals surface area contributed by atoms with Gasteiger partial charge in [-0.15, -0.1) is 0 Å². The number of ether oxygens (including phenoxy) is 1. The van der Waals surface area contributed by atoms with Gasteiger partial charge in [0.15, 0.2) is 0 Å². The Morgan fingerprint density at radius 2 is 1.58 bits per heavy atom. The Kier molecular flexibility index (Phi) is 10.8. The molecule has 0 fully saturated rings. The summed E-state index contributed by atoms with van der Waals surface area (Å²) in [6.45, 7) is 3.54. The predicted molar refractivity (Wildman–Crippen MR) is 146 cm³/mol. The highest BCUT2D eigenvalue weighted by atomic mass is 16.5. The quantitative estimate of drug-likeness (QED) is 0.260. The number of amides is 2. The summed E-state index contributed by atoms with van der Waals surface area (Å²) < 4.78 is 5.78. The van der Waals surface area contributed by atoms with E-state index in [0.717, 1.165) is 17.7 Å². The Morgan fingerprint density at radius 3 is 2.33 bits per heavy atom. The summed E-state index contributed by atoms with van der Waals surface area (Å²) >= 11 is 0. The molecule has 0 saturated heterocycles. The minimum atomic E-state index is -0.169. The summed E-state index contributed by atoms with van der Waals surface area (Å²) in [4.78, 5) is 26.9. The standard InChI is InChI=1S/C30H37N3O3/c1-3-4-5-6-10-20-36-28-18-16-26(17-19-28)32-29(34)22-31-27-15-11-14-25(21-27)30(35)33(2)23-24-12-8-7-9-13-24/h7-9,11-19,21,31H,3-6,10,20,22-23H2,1-2H3,(H,32,34). The van der Waals surface area contributed by atoms with E-state index in [-0.39, 0.29) is 18.4 Å². The van der Waals surface area contributed by atoms with E-state index in [0.29, 0.717) is 30.1 Å². The topological polar surface area (TPSA) is 70.7 Å². The monoisotopic (exact) mass is 487 g/mol. The largest absolute Gasteiger partial charge is 0.494 e. The van der Waals surface area contributed by atoms with Gasteiger partial charge in [-0.1, -0.05) is 69.0 Å². The van der Waals surface area contributed by atoms with Crippen LogP contribution in [0.15, 0.2) is 78.9 Å². The predicted octanol–water partition coefficient (Wildman–Crippen LogP) is 6.36. The molecule has 0 bridgehead atoms. The molecule has 0 unspecified atom stereocenters. The summed E-state index contributed by atoms with van der Waals surface area (Å²) in [6, 6.07) is 24.5. The Balaban J connectivity index is 1.43. The number of nitrogens with zero attached hydrogens (tertiary/aromatic N) is 1. The van der Waals surface area contributed by atoms with Crippen LogP contribution >= 0.6 is 0 Å². The molecule has 0 aliphatic heterocycles. The van der Waals surface area contributed by atoms with Crippen molar-refractivity contribution < 1.29 is 14.3 Å². The zero-order valence-electron chi connectivity index (χ0n) is 21.3. The number of rotatable bonds is 14. The van der Waals surface area contributed by atoms with Gasteiger partial charge in [-0.05, 0) is 54.4 Å². The van der Waals surface area contributed by atoms with E-state index in [1.807, 2.05) is 66.7 Å². The molecule has 0 atom stereocenters. The van der Waals surface area contributed by atoms with Crippen LogP contribution in [-0.4, -0.2) is 36.9 Å². The molecule has 0 aliphatic rings. The third-order valence-corrected chi connectivity index (χ3v) is 5.83. The second-order valence-corrected chi connectivity index (χ2v) is 8.92. The minimum absolute atomic E-state index is 0.0739. The van der Waals surface area contributed by atoms with E-state index < -0.39 is 0 Å². The zero-order chi connectivity index (χ0) is 25.6. The Morgan fingerprint density at radius 1 is 0.833 bits per heavy atom. The molecule has 0 aliphatic carbocycles. The maximum absolute atomic E-state index is 12.8. The van der Waals surface area contributed by atoms with Gasteiger partial charge in [0, 0.05) is 30.5 Å². The molecule has 2 N–H and O–H groups in total. The van der Waals surface area contributed by atoms with Crippen molar-refractivity contribution in [2.75, 3.05) is 30.8 Å². The van der Waals surface area contributed by atoms with Crippen LogP contribution in [0.5, 0.6) is 5.75 Å². The maximum Gasteiger partial charge on any atom is 0.253 e.